The van der Waals surface area contributed by atoms with Crippen molar-refractivity contribution in [3.63, 3.8) is 0 Å². The number of rotatable bonds is 7. The first kappa shape index (κ1) is 18.5. The van der Waals surface area contributed by atoms with Gasteiger partial charge >= 0.3 is 0 Å². The predicted molar refractivity (Wildman–Crippen MR) is 76.4 cm³/mol. The number of ketones is 1. The first-order valence-electron chi connectivity index (χ1n) is 5.80. The summed E-state index contributed by atoms with van der Waals surface area (Å²) in [4.78, 5) is 22.8. The van der Waals surface area contributed by atoms with Crippen molar-refractivity contribution in [3.05, 3.63) is 35.9 Å². The van der Waals surface area contributed by atoms with Crippen LogP contribution in [-0.2, 0) is 20.7 Å². The molecule has 0 aliphatic heterocycles. The van der Waals surface area contributed by atoms with Crippen molar-refractivity contribution < 1.29 is 19.4 Å². The fourth-order valence-corrected chi connectivity index (χ4v) is 1.74. The number of aliphatic hydroxyl groups is 1. The van der Waals surface area contributed by atoms with Crippen LogP contribution in [0.2, 0.25) is 0 Å². The van der Waals surface area contributed by atoms with Gasteiger partial charge in [0.05, 0.1) is 0 Å². The Balaban J connectivity index is 0.00000361. The van der Waals surface area contributed by atoms with Crippen molar-refractivity contribution >= 4 is 24.1 Å². The topological polar surface area (TPSA) is 116 Å². The van der Waals surface area contributed by atoms with E-state index in [0.29, 0.717) is 6.42 Å². The van der Waals surface area contributed by atoms with Gasteiger partial charge in [-0.05, 0) is 12.0 Å². The smallest absolute Gasteiger partial charge is 0.254 e. The van der Waals surface area contributed by atoms with E-state index in [2.05, 4.69) is 4.74 Å². The van der Waals surface area contributed by atoms with Gasteiger partial charge in [-0.1, -0.05) is 30.3 Å². The standard InChI is InChI=1S/C13H18N2O4.ClH/c1-19-12(13(15)18)11(17)10(16)9(14)7-8-5-3-2-4-6-8;/h2-6,9-10,12,16H,7,14H2,1H3,(H2,15,18);1H/t9-,10+,12?;/m1./s1. The van der Waals surface area contributed by atoms with Crippen LogP contribution in [0.1, 0.15) is 5.56 Å². The number of benzene rings is 1. The van der Waals surface area contributed by atoms with E-state index in [1.54, 1.807) is 0 Å². The highest BCUT2D eigenvalue weighted by atomic mass is 35.5. The van der Waals surface area contributed by atoms with Gasteiger partial charge in [-0.15, -0.1) is 12.4 Å². The molecule has 0 fully saturated rings. The number of amides is 1. The highest BCUT2D eigenvalue weighted by molar-refractivity contribution is 6.05. The minimum atomic E-state index is -1.50. The summed E-state index contributed by atoms with van der Waals surface area (Å²) in [5.74, 6) is -1.77. The van der Waals surface area contributed by atoms with Crippen molar-refractivity contribution in [2.24, 2.45) is 11.5 Å². The van der Waals surface area contributed by atoms with Gasteiger partial charge in [0.2, 0.25) is 5.78 Å². The summed E-state index contributed by atoms with van der Waals surface area (Å²) in [5.41, 5.74) is 11.7. The Bertz CT molecular complexity index is 441. The van der Waals surface area contributed by atoms with E-state index in [1.807, 2.05) is 30.3 Å². The zero-order chi connectivity index (χ0) is 14.4. The molecule has 6 nitrogen and oxygen atoms in total. The van der Waals surface area contributed by atoms with Gasteiger partial charge in [0.15, 0.2) is 6.10 Å². The lowest BCUT2D eigenvalue weighted by Crippen LogP contribution is -2.50. The van der Waals surface area contributed by atoms with Crippen molar-refractivity contribution in [1.29, 1.82) is 0 Å². The van der Waals surface area contributed by atoms with Crippen LogP contribution in [-0.4, -0.2) is 42.2 Å². The summed E-state index contributed by atoms with van der Waals surface area (Å²) in [6.07, 6.45) is -2.67. The first-order valence-corrected chi connectivity index (χ1v) is 5.80. The molecule has 1 rings (SSSR count). The summed E-state index contributed by atoms with van der Waals surface area (Å²) in [6.45, 7) is 0. The van der Waals surface area contributed by atoms with Gasteiger partial charge < -0.3 is 21.3 Å². The van der Waals surface area contributed by atoms with Crippen LogP contribution >= 0.6 is 12.4 Å². The third-order valence-electron chi connectivity index (χ3n) is 2.76. The highest BCUT2D eigenvalue weighted by Gasteiger charge is 2.33. The van der Waals surface area contributed by atoms with E-state index in [-0.39, 0.29) is 12.4 Å². The number of methoxy groups -OCH3 is 1. The molecule has 1 aromatic rings. The molecule has 0 saturated heterocycles. The van der Waals surface area contributed by atoms with Crippen LogP contribution in [0.5, 0.6) is 0 Å². The summed E-state index contributed by atoms with van der Waals surface area (Å²) in [6, 6.07) is 8.35. The minimum Gasteiger partial charge on any atom is -0.384 e. The Morgan fingerprint density at radius 3 is 2.30 bits per heavy atom. The lowest BCUT2D eigenvalue weighted by molar-refractivity contribution is -0.146. The van der Waals surface area contributed by atoms with E-state index in [0.717, 1.165) is 5.56 Å². The number of halogens is 1. The zero-order valence-corrected chi connectivity index (χ0v) is 11.9. The molecule has 1 aromatic carbocycles. The van der Waals surface area contributed by atoms with Crippen LogP contribution in [0.4, 0.5) is 0 Å². The largest absolute Gasteiger partial charge is 0.384 e. The van der Waals surface area contributed by atoms with Gasteiger partial charge in [-0.3, -0.25) is 9.59 Å². The van der Waals surface area contributed by atoms with Crippen molar-refractivity contribution in [3.8, 4) is 0 Å². The summed E-state index contributed by atoms with van der Waals surface area (Å²) in [5, 5.41) is 9.84. The maximum Gasteiger partial charge on any atom is 0.254 e. The Labute approximate surface area is 123 Å². The molecule has 0 spiro atoms. The average Bonchev–Trinajstić information content (AvgIpc) is 2.39. The fraction of sp³-hybridized carbons (Fsp3) is 0.385. The number of ether oxygens (including phenoxy) is 1. The maximum atomic E-state index is 11.8. The Morgan fingerprint density at radius 2 is 1.85 bits per heavy atom. The second kappa shape index (κ2) is 8.65. The Morgan fingerprint density at radius 1 is 1.30 bits per heavy atom. The maximum absolute atomic E-state index is 11.8. The van der Waals surface area contributed by atoms with Crippen LogP contribution in [0.25, 0.3) is 0 Å². The van der Waals surface area contributed by atoms with Crippen molar-refractivity contribution in [1.82, 2.24) is 0 Å². The molecule has 112 valence electrons. The molecule has 3 atom stereocenters. The molecule has 1 unspecified atom stereocenters. The first-order chi connectivity index (χ1) is 8.97. The van der Waals surface area contributed by atoms with E-state index < -0.39 is 29.9 Å². The number of Topliss-reactive ketones (excluding diaryl/α,β-unsaturated/α-hetero) is 1. The van der Waals surface area contributed by atoms with E-state index in [9.17, 15) is 14.7 Å². The molecule has 0 heterocycles. The van der Waals surface area contributed by atoms with E-state index in [1.165, 1.54) is 7.11 Å². The lowest BCUT2D eigenvalue weighted by atomic mass is 9.97. The second-order valence-electron chi connectivity index (χ2n) is 4.22. The third kappa shape index (κ3) is 4.90. The molecule has 0 bridgehead atoms. The normalized spacial score (nSPS) is 14.8. The van der Waals surface area contributed by atoms with Gasteiger partial charge in [-0.25, -0.2) is 0 Å². The molecule has 1 amide bonds. The third-order valence-corrected chi connectivity index (χ3v) is 2.76. The SMILES string of the molecule is COC(C(N)=O)C(=O)[C@@H](O)[C@H](N)Cc1ccccc1.Cl. The molecule has 0 aliphatic rings. The molecule has 5 N–H and O–H groups in total. The van der Waals surface area contributed by atoms with Gasteiger partial charge in [0, 0.05) is 13.2 Å². The number of primary amides is 1. The molecular weight excluding hydrogens is 284 g/mol. The van der Waals surface area contributed by atoms with Crippen LogP contribution in [0.3, 0.4) is 0 Å². The van der Waals surface area contributed by atoms with Crippen molar-refractivity contribution in [2.45, 2.75) is 24.7 Å². The number of nitrogens with two attached hydrogens (primary N) is 2. The van der Waals surface area contributed by atoms with E-state index in [4.69, 9.17) is 11.5 Å². The Hall–Kier alpha value is -1.47. The molecule has 7 heteroatoms. The van der Waals surface area contributed by atoms with Gasteiger partial charge in [-0.2, -0.15) is 0 Å². The number of carbonyl (C=O) groups excluding carboxylic acids is 2. The quantitative estimate of drug-likeness (QED) is 0.582. The number of aliphatic hydroxyl groups excluding tert-OH is 1. The van der Waals surface area contributed by atoms with Gasteiger partial charge in [0.25, 0.3) is 5.91 Å². The zero-order valence-electron chi connectivity index (χ0n) is 11.1. The van der Waals surface area contributed by atoms with E-state index >= 15 is 0 Å². The van der Waals surface area contributed by atoms with Crippen LogP contribution < -0.4 is 11.5 Å². The molecular formula is C13H19ClN2O4. The average molecular weight is 303 g/mol. The summed E-state index contributed by atoms with van der Waals surface area (Å²) in [7, 11) is 1.17. The summed E-state index contributed by atoms with van der Waals surface area (Å²) < 4.78 is 4.66. The fourth-order valence-electron chi connectivity index (χ4n) is 1.74. The number of hydrogen-bond acceptors (Lipinski definition) is 5. The van der Waals surface area contributed by atoms with Crippen LogP contribution in [0.15, 0.2) is 30.3 Å². The number of hydrogen-bond donors (Lipinski definition) is 3. The van der Waals surface area contributed by atoms with Gasteiger partial charge in [0.1, 0.15) is 6.10 Å². The van der Waals surface area contributed by atoms with Crippen LogP contribution in [0, 0.1) is 0 Å². The second-order valence-corrected chi connectivity index (χ2v) is 4.22. The predicted octanol–water partition coefficient (Wildman–Crippen LogP) is -0.591. The molecule has 0 saturated carbocycles. The molecule has 20 heavy (non-hydrogen) atoms. The highest BCUT2D eigenvalue weighted by Crippen LogP contribution is 2.07. The Kier molecular flexibility index (Phi) is 8.02. The summed E-state index contributed by atoms with van der Waals surface area (Å²) >= 11 is 0. The lowest BCUT2D eigenvalue weighted by Gasteiger charge is -2.20. The minimum absolute atomic E-state index is 0. The molecule has 0 aliphatic carbocycles. The number of carbonyl (C=O) groups is 2. The molecule has 0 aromatic heterocycles. The molecule has 0 radical (unpaired) electrons. The monoisotopic (exact) mass is 302 g/mol. The van der Waals surface area contributed by atoms with Crippen molar-refractivity contribution in [2.75, 3.05) is 7.11 Å².